The van der Waals surface area contributed by atoms with Gasteiger partial charge < -0.3 is 101 Å². The Morgan fingerprint density at radius 3 is 0.958 bits per heavy atom. The lowest BCUT2D eigenvalue weighted by Crippen LogP contribution is -2.33. The van der Waals surface area contributed by atoms with E-state index in [4.69, 9.17) is 59.7 Å². The summed E-state index contributed by atoms with van der Waals surface area (Å²) in [6, 6.07) is 11.3. The number of halogens is 4. The van der Waals surface area contributed by atoms with Crippen LogP contribution in [0.2, 0.25) is 0 Å². The molecule has 0 aliphatic heterocycles. The summed E-state index contributed by atoms with van der Waals surface area (Å²) in [6.45, 7) is -2.12. The monoisotopic (exact) mass is 2100 g/mol. The number of ether oxygens (including phenoxy) is 4. The largest absolute Gasteiger partial charge is 0.394 e. The van der Waals surface area contributed by atoms with Gasteiger partial charge in [-0.3, -0.25) is 0 Å². The first-order chi connectivity index (χ1) is 78.8. The van der Waals surface area contributed by atoms with Gasteiger partial charge in [0.25, 0.3) is 0 Å². The smallest absolute Gasteiger partial charge is 0.191 e. The highest BCUT2D eigenvalue weighted by Gasteiger charge is 2.51. The Morgan fingerprint density at radius 1 is 0.368 bits per heavy atom. The summed E-state index contributed by atoms with van der Waals surface area (Å²) in [5.74, 6) is -6.27. The fourth-order valence-corrected chi connectivity index (χ4v) is 19.4. The molecule has 8 aliphatic rings. The molecule has 8 aliphatic carbocycles. The van der Waals surface area contributed by atoms with Crippen molar-refractivity contribution in [2.45, 2.75) is 298 Å². The molecular weight excluding hydrogens is 1950 g/mol. The Hall–Kier alpha value is -9.52. The van der Waals surface area contributed by atoms with Crippen LogP contribution in [-0.2, 0) is 18.9 Å². The summed E-state index contributed by atoms with van der Waals surface area (Å²) in [7, 11) is 0. The van der Waals surface area contributed by atoms with Crippen LogP contribution in [0, 0.1) is 51.0 Å². The quantitative estimate of drug-likeness (QED) is 0.00969. The fraction of sp³-hybridized carbons (Fsp3) is 0.583. The van der Waals surface area contributed by atoms with E-state index in [1.807, 2.05) is 6.92 Å². The van der Waals surface area contributed by atoms with E-state index in [1.165, 1.54) is 56.1 Å². The van der Waals surface area contributed by atoms with E-state index in [0.29, 0.717) is 91.6 Å². The van der Waals surface area contributed by atoms with E-state index >= 15 is 0 Å². The number of aromatic nitrogens is 20. The topological polar surface area (TPSA) is 554 Å². The molecule has 0 unspecified atom stereocenters. The van der Waals surface area contributed by atoms with Gasteiger partial charge in [0.05, 0.1) is 112 Å². The highest BCUT2D eigenvalue weighted by molar-refractivity contribution is 7.99. The molecule has 0 bridgehead atoms. The van der Waals surface area contributed by atoms with Crippen LogP contribution in [0.5, 0.6) is 0 Å². The van der Waals surface area contributed by atoms with Crippen molar-refractivity contribution in [2.75, 3.05) is 96.8 Å². The average molecular weight is 2100 g/mol. The first-order valence-electron chi connectivity index (χ1n) is 58.8. The van der Waals surface area contributed by atoms with Gasteiger partial charge in [-0.1, -0.05) is 144 Å². The number of rotatable bonds is 40. The summed E-state index contributed by atoms with van der Waals surface area (Å²) in [4.78, 5) is 35.3. The zero-order valence-electron chi connectivity index (χ0n) is 104. The molecule has 8 saturated carbocycles. The number of nitrogens with one attached hydrogen (secondary N) is 4. The molecule has 144 heavy (non-hydrogen) atoms. The van der Waals surface area contributed by atoms with Crippen molar-refractivity contribution in [2.24, 2.45) is 0 Å². The van der Waals surface area contributed by atoms with Gasteiger partial charge in [0.1, 0.15) is 72.1 Å². The normalized spacial score (nSPS) is 33.7. The molecule has 0 saturated heterocycles. The Bertz CT molecular complexity index is 7800. The predicted octanol–water partition coefficient (Wildman–Crippen LogP) is 8.73. The SMILES string of the molecule is [2H]C([2H])(C)C([2H])([2H])Sc1nc(N[C@@H]2C[C@@]2([2H])c2ccc(C)c(F)c2)c2nnn([C@@H]3C[C@H](OC([2H])([2H])C([2H])([2H])O)[C@@H](O)[C@H]3O)c2n1.[2H]C([2H])(CO)O[C@H]1C[C@@H](n2nnc3c(N[C@@H]4C[C@@]4([2H])c4ccc(C)c(F)c4)nc(SC([2H])([2H])C([2H])([2H])C)nc32)[C@H](O)[C@@H]1O.[2H]C([2H])(O)CO[C@H]1C[C@@H](n2nnc3c(N[C@@H]4C[C@@]4([2H])c4ccc(C)c(F)c4)nc(SC([2H])([2H])C([2H])([2H])C)nc32)[C@H](O)[C@@H]1O.[2H]C1([2H])[C@@H](Nc2nc(SCCC)nc3c2nnn3[C@@H]2C[C@H](OCCO)[C@@H](O)[C@H]2O)[C@]1([2H])c1ccc(C)c(F)c1. The van der Waals surface area contributed by atoms with Gasteiger partial charge in [-0.15, -0.1) is 20.4 Å². The van der Waals surface area contributed by atoms with Gasteiger partial charge in [0.15, 0.2) is 88.6 Å². The molecule has 776 valence electrons. The van der Waals surface area contributed by atoms with Crippen LogP contribution in [0.15, 0.2) is 93.4 Å². The maximum Gasteiger partial charge on any atom is 0.191 e. The van der Waals surface area contributed by atoms with Crippen LogP contribution in [0.1, 0.15) is 232 Å². The van der Waals surface area contributed by atoms with Crippen LogP contribution in [0.4, 0.5) is 40.8 Å². The van der Waals surface area contributed by atoms with E-state index in [2.05, 4.69) is 102 Å². The maximum absolute atomic E-state index is 14.3. The fourth-order valence-electron chi connectivity index (χ4n) is 17.3. The zero-order valence-corrected chi connectivity index (χ0v) is 81.5. The minimum Gasteiger partial charge on any atom is -0.394 e. The molecule has 24 atom stereocenters. The molecule has 0 spiro atoms. The van der Waals surface area contributed by atoms with Gasteiger partial charge in [-0.25, -0.2) is 76.2 Å². The maximum atomic E-state index is 14.3. The van der Waals surface area contributed by atoms with E-state index in [-0.39, 0.29) is 141 Å². The number of anilines is 4. The lowest BCUT2D eigenvalue weighted by molar-refractivity contribution is -0.0629. The number of thioether (sulfide) groups is 4. The molecule has 20 rings (SSSR count). The van der Waals surface area contributed by atoms with Gasteiger partial charge >= 0.3 is 0 Å². The minimum atomic E-state index is -3.43. The van der Waals surface area contributed by atoms with E-state index in [0.717, 1.165) is 31.9 Å². The van der Waals surface area contributed by atoms with Crippen molar-refractivity contribution >= 4 is 115 Å². The van der Waals surface area contributed by atoms with Crippen molar-refractivity contribution in [1.29, 1.82) is 0 Å². The molecule has 12 aromatic rings. The summed E-state index contributed by atoms with van der Waals surface area (Å²) < 4.78 is 292. The van der Waals surface area contributed by atoms with Crippen molar-refractivity contribution in [1.82, 2.24) is 99.8 Å². The van der Waals surface area contributed by atoms with Crippen molar-refractivity contribution < 1.29 is 133 Å². The van der Waals surface area contributed by atoms with Crippen molar-refractivity contribution in [3.05, 3.63) is 141 Å². The molecule has 0 amide bonds. The summed E-state index contributed by atoms with van der Waals surface area (Å²) in [6.07, 6.45) is -24.0. The molecule has 4 aromatic carbocycles. The van der Waals surface area contributed by atoms with Crippen molar-refractivity contribution in [3.8, 4) is 0 Å². The Kier molecular flexibility index (Phi) is 25.3. The number of aliphatic hydroxyl groups excluding tert-OH is 10. The van der Waals surface area contributed by atoms with Gasteiger partial charge in [-0.2, -0.15) is 0 Å². The van der Waals surface area contributed by atoms with Gasteiger partial charge in [0.2, 0.25) is 0 Å². The number of hydrogen-bond donors (Lipinski definition) is 16. The second-order valence-corrected chi connectivity index (χ2v) is 38.2. The third-order valence-corrected chi connectivity index (χ3v) is 28.3. The van der Waals surface area contributed by atoms with Crippen LogP contribution in [-0.4, -0.2) is 334 Å². The number of nitrogens with zero attached hydrogens (tertiary/aromatic N) is 20. The number of hydrogen-bond acceptors (Lipinski definition) is 40. The van der Waals surface area contributed by atoms with E-state index in [9.17, 15) is 73.7 Å². The highest BCUT2D eigenvalue weighted by atomic mass is 32.2. The molecule has 8 fully saturated rings. The third-order valence-electron chi connectivity index (χ3n) is 25.3. The highest BCUT2D eigenvalue weighted by Crippen LogP contribution is 2.50. The lowest BCUT2D eigenvalue weighted by atomic mass is 10.1. The van der Waals surface area contributed by atoms with E-state index < -0.39 is 250 Å². The summed E-state index contributed by atoms with van der Waals surface area (Å²) in [5, 5.41) is 168. The molecular formula is C96H124F4N24O16S4. The second-order valence-electron chi connectivity index (χ2n) is 34.8. The summed E-state index contributed by atoms with van der Waals surface area (Å²) in [5.41, 5.74) is -3.66. The van der Waals surface area contributed by atoms with Crippen LogP contribution in [0.3, 0.4) is 0 Å². The number of aryl methyl sites for hydroxylation is 4. The number of fused-ring (bicyclic) bond motifs is 4. The van der Waals surface area contributed by atoms with Crippen LogP contribution in [0.25, 0.3) is 44.7 Å². The summed E-state index contributed by atoms with van der Waals surface area (Å²) >= 11 is 2.58. The van der Waals surface area contributed by atoms with Gasteiger partial charge in [-0.05, 0) is 148 Å². The van der Waals surface area contributed by atoms with Crippen molar-refractivity contribution in [3.63, 3.8) is 0 Å². The standard InChI is InChI=1S/4C24H31FN6O4S/c4*1-3-8-36-24-27-22(26-16-10-14(16)13-5-4-12(2)15(25)9-13)19-23(28-24)31(30-29-19)17-11-18(35-7-6-32)21(34)20(17)33/h4*4-5,9,14,16-18,20-21,32-34H,3,6-8,10-11H2,1-2H3,(H,26,27,28)/t4*14-,16+,17+,18-,20-,21+/m0000/s1/i3D2,6D2,7D2,8D2,14D;3D2,7D2,8D2,14D;3D2,6D2,8D2,14D;10D2,14D. The molecule has 48 heteroatoms. The first-order valence-corrected chi connectivity index (χ1v) is 49.2. The second kappa shape index (κ2) is 47.3. The Morgan fingerprint density at radius 2 is 0.667 bits per heavy atom. The third kappa shape index (κ3) is 23.8. The number of aliphatic hydroxyl groups is 12. The van der Waals surface area contributed by atoms with E-state index in [1.54, 1.807) is 70.2 Å². The van der Waals surface area contributed by atoms with Crippen LogP contribution >= 0.6 is 47.0 Å². The molecule has 8 heterocycles. The molecule has 8 aromatic heterocycles. The zero-order chi connectivity index (χ0) is 125. The Labute approximate surface area is 880 Å². The van der Waals surface area contributed by atoms with Crippen LogP contribution < -0.4 is 21.3 Å². The predicted molar refractivity (Wildman–Crippen MR) is 530 cm³/mol. The Balaban J connectivity index is 0.000000151. The minimum absolute atomic E-state index is 0.00133. The molecule has 16 N–H and O–H groups in total. The lowest BCUT2D eigenvalue weighted by Gasteiger charge is -2.17. The van der Waals surface area contributed by atoms with Gasteiger partial charge in [0, 0.05) is 121 Å². The average Bonchev–Trinajstić information content (AvgIpc) is 1.50. The molecule has 0 radical (unpaired) electrons. The first kappa shape index (κ1) is 76.9. The molecule has 40 nitrogen and oxygen atoms in total. The number of benzene rings is 4.